The molecule has 10 heteroatoms. The first-order valence-electron chi connectivity index (χ1n) is 6.04. The number of rotatable bonds is 4. The Kier molecular flexibility index (Phi) is 3.59. The van der Waals surface area contributed by atoms with Crippen molar-refractivity contribution in [2.45, 2.75) is 4.90 Å². The standard InChI is InChI=1S/C12H10ClN5O3S/c1-21-12-14-7-9(13)10-15-11(16-18(10)12)17-22(19,20)8-5-3-2-4-6-8/h2-7H,1H3,(H,16,17). The van der Waals surface area contributed by atoms with Gasteiger partial charge >= 0.3 is 6.01 Å². The summed E-state index contributed by atoms with van der Waals surface area (Å²) in [6, 6.07) is 8.03. The van der Waals surface area contributed by atoms with Crippen LogP contribution < -0.4 is 9.46 Å². The molecule has 3 rings (SSSR count). The topological polar surface area (TPSA) is 98.5 Å². The van der Waals surface area contributed by atoms with Crippen molar-refractivity contribution in [2.24, 2.45) is 0 Å². The summed E-state index contributed by atoms with van der Waals surface area (Å²) in [4.78, 5) is 8.07. The molecule has 114 valence electrons. The van der Waals surface area contributed by atoms with Crippen LogP contribution in [0.1, 0.15) is 0 Å². The monoisotopic (exact) mass is 339 g/mol. The molecule has 0 aliphatic rings. The fourth-order valence-electron chi connectivity index (χ4n) is 1.79. The van der Waals surface area contributed by atoms with Crippen LogP contribution in [0.15, 0.2) is 41.4 Å². The van der Waals surface area contributed by atoms with Gasteiger partial charge in [-0.2, -0.15) is 9.50 Å². The molecule has 22 heavy (non-hydrogen) atoms. The van der Waals surface area contributed by atoms with E-state index in [1.807, 2.05) is 0 Å². The first kappa shape index (κ1) is 14.5. The zero-order chi connectivity index (χ0) is 15.7. The maximum absolute atomic E-state index is 12.2. The van der Waals surface area contributed by atoms with Gasteiger partial charge in [0.1, 0.15) is 5.02 Å². The highest BCUT2D eigenvalue weighted by molar-refractivity contribution is 7.92. The Morgan fingerprint density at radius 3 is 2.68 bits per heavy atom. The highest BCUT2D eigenvalue weighted by Gasteiger charge is 2.18. The van der Waals surface area contributed by atoms with Crippen LogP contribution in [0.5, 0.6) is 6.01 Å². The number of sulfonamides is 1. The van der Waals surface area contributed by atoms with Crippen molar-refractivity contribution in [3.8, 4) is 6.01 Å². The van der Waals surface area contributed by atoms with Gasteiger partial charge in [0.05, 0.1) is 18.2 Å². The summed E-state index contributed by atoms with van der Waals surface area (Å²) in [6.45, 7) is 0. The minimum Gasteiger partial charge on any atom is -0.467 e. The molecule has 0 aliphatic carbocycles. The van der Waals surface area contributed by atoms with E-state index < -0.39 is 10.0 Å². The van der Waals surface area contributed by atoms with Gasteiger partial charge in [0, 0.05) is 0 Å². The molecule has 0 fully saturated rings. The molecule has 2 heterocycles. The van der Waals surface area contributed by atoms with E-state index in [1.165, 1.54) is 30.0 Å². The number of anilines is 1. The van der Waals surface area contributed by atoms with E-state index in [2.05, 4.69) is 19.8 Å². The molecule has 8 nitrogen and oxygen atoms in total. The quantitative estimate of drug-likeness (QED) is 0.775. The minimum atomic E-state index is -3.79. The molecular weight excluding hydrogens is 330 g/mol. The summed E-state index contributed by atoms with van der Waals surface area (Å²) in [5, 5.41) is 4.22. The minimum absolute atomic E-state index is 0.102. The number of ether oxygens (including phenoxy) is 1. The highest BCUT2D eigenvalue weighted by Crippen LogP contribution is 2.21. The summed E-state index contributed by atoms with van der Waals surface area (Å²) in [7, 11) is -2.38. The Morgan fingerprint density at radius 1 is 1.27 bits per heavy atom. The number of nitrogens with one attached hydrogen (secondary N) is 1. The number of methoxy groups -OCH3 is 1. The molecule has 0 unspecified atom stereocenters. The third-order valence-electron chi connectivity index (χ3n) is 2.75. The van der Waals surface area contributed by atoms with Gasteiger partial charge in [0.15, 0.2) is 5.65 Å². The third-order valence-corrected chi connectivity index (χ3v) is 4.36. The average molecular weight is 340 g/mol. The lowest BCUT2D eigenvalue weighted by atomic mass is 10.4. The summed E-state index contributed by atoms with van der Waals surface area (Å²) >= 11 is 5.97. The molecule has 0 atom stereocenters. The van der Waals surface area contributed by atoms with E-state index in [0.29, 0.717) is 0 Å². The highest BCUT2D eigenvalue weighted by atomic mass is 35.5. The third kappa shape index (κ3) is 2.55. The Morgan fingerprint density at radius 2 is 2.00 bits per heavy atom. The van der Waals surface area contributed by atoms with Crippen molar-refractivity contribution in [2.75, 3.05) is 11.8 Å². The van der Waals surface area contributed by atoms with Crippen molar-refractivity contribution in [3.63, 3.8) is 0 Å². The van der Waals surface area contributed by atoms with Crippen LogP contribution >= 0.6 is 11.6 Å². The molecule has 0 radical (unpaired) electrons. The Bertz CT molecular complexity index is 927. The van der Waals surface area contributed by atoms with E-state index in [9.17, 15) is 8.42 Å². The largest absolute Gasteiger partial charge is 0.467 e. The van der Waals surface area contributed by atoms with Crippen molar-refractivity contribution >= 4 is 33.2 Å². The van der Waals surface area contributed by atoms with Gasteiger partial charge < -0.3 is 4.74 Å². The van der Waals surface area contributed by atoms with Gasteiger partial charge in [-0.3, -0.25) is 0 Å². The normalized spacial score (nSPS) is 11.5. The second-order valence-electron chi connectivity index (χ2n) is 4.18. The molecule has 1 N–H and O–H groups in total. The van der Waals surface area contributed by atoms with Crippen molar-refractivity contribution < 1.29 is 13.2 Å². The lowest BCUT2D eigenvalue weighted by Gasteiger charge is -2.03. The zero-order valence-corrected chi connectivity index (χ0v) is 12.8. The Labute approximate surface area is 130 Å². The number of aromatic nitrogens is 4. The number of fused-ring (bicyclic) bond motifs is 1. The van der Waals surface area contributed by atoms with Crippen molar-refractivity contribution in [3.05, 3.63) is 41.6 Å². The first-order valence-corrected chi connectivity index (χ1v) is 7.90. The van der Waals surface area contributed by atoms with Crippen LogP contribution in [0.2, 0.25) is 5.02 Å². The summed E-state index contributed by atoms with van der Waals surface area (Å²) in [5.41, 5.74) is 0.235. The van der Waals surface area contributed by atoms with Crippen LogP contribution in [0.4, 0.5) is 5.95 Å². The van der Waals surface area contributed by atoms with E-state index in [0.717, 1.165) is 0 Å². The second kappa shape index (κ2) is 5.43. The summed E-state index contributed by atoms with van der Waals surface area (Å²) in [6.07, 6.45) is 1.35. The molecule has 0 amide bonds. The molecular formula is C12H10ClN5O3S. The van der Waals surface area contributed by atoms with E-state index in [-0.39, 0.29) is 27.5 Å². The summed E-state index contributed by atoms with van der Waals surface area (Å²) in [5.74, 6) is -0.128. The molecule has 0 aliphatic heterocycles. The smallest absolute Gasteiger partial charge is 0.319 e. The van der Waals surface area contributed by atoms with E-state index in [4.69, 9.17) is 16.3 Å². The molecule has 3 aromatic rings. The van der Waals surface area contributed by atoms with E-state index in [1.54, 1.807) is 18.2 Å². The van der Waals surface area contributed by atoms with Crippen molar-refractivity contribution in [1.82, 2.24) is 19.6 Å². The van der Waals surface area contributed by atoms with Crippen LogP contribution in [0.3, 0.4) is 0 Å². The van der Waals surface area contributed by atoms with Crippen molar-refractivity contribution in [1.29, 1.82) is 0 Å². The number of benzene rings is 1. The number of hydrogen-bond donors (Lipinski definition) is 1. The Hall–Kier alpha value is -2.39. The van der Waals surface area contributed by atoms with Gasteiger partial charge in [0.25, 0.3) is 16.0 Å². The van der Waals surface area contributed by atoms with Crippen LogP contribution in [0, 0.1) is 0 Å². The van der Waals surface area contributed by atoms with Gasteiger partial charge in [-0.25, -0.2) is 18.1 Å². The summed E-state index contributed by atoms with van der Waals surface area (Å²) < 4.78 is 33.0. The first-order chi connectivity index (χ1) is 10.5. The fourth-order valence-corrected chi connectivity index (χ4v) is 2.92. The van der Waals surface area contributed by atoms with Crippen LogP contribution in [-0.2, 0) is 10.0 Å². The Balaban J connectivity index is 2.03. The molecule has 1 aromatic carbocycles. The van der Waals surface area contributed by atoms with Crippen LogP contribution in [-0.4, -0.2) is 35.1 Å². The second-order valence-corrected chi connectivity index (χ2v) is 6.27. The van der Waals surface area contributed by atoms with E-state index >= 15 is 0 Å². The molecule has 2 aromatic heterocycles. The fraction of sp³-hybridized carbons (Fsp3) is 0.0833. The van der Waals surface area contributed by atoms with Gasteiger partial charge in [-0.1, -0.05) is 29.8 Å². The predicted molar refractivity (Wildman–Crippen MR) is 79.6 cm³/mol. The van der Waals surface area contributed by atoms with Gasteiger partial charge in [-0.05, 0) is 12.1 Å². The SMILES string of the molecule is COc1ncc(Cl)c2nc(NS(=O)(=O)c3ccccc3)nn12. The number of nitrogens with zero attached hydrogens (tertiary/aromatic N) is 4. The average Bonchev–Trinajstić information content (AvgIpc) is 2.92. The van der Waals surface area contributed by atoms with Gasteiger partial charge in [0.2, 0.25) is 0 Å². The number of halogens is 1. The maximum Gasteiger partial charge on any atom is 0.319 e. The molecule has 0 bridgehead atoms. The molecule has 0 saturated carbocycles. The molecule has 0 spiro atoms. The number of hydrogen-bond acceptors (Lipinski definition) is 6. The lowest BCUT2D eigenvalue weighted by molar-refractivity contribution is 0.367. The molecule has 0 saturated heterocycles. The maximum atomic E-state index is 12.2. The lowest BCUT2D eigenvalue weighted by Crippen LogP contribution is -2.14. The van der Waals surface area contributed by atoms with Gasteiger partial charge in [-0.15, -0.1) is 5.10 Å². The zero-order valence-electron chi connectivity index (χ0n) is 11.3. The predicted octanol–water partition coefficient (Wildman–Crippen LogP) is 1.59. The van der Waals surface area contributed by atoms with Crippen LogP contribution in [0.25, 0.3) is 5.65 Å².